The molecular weight excluding hydrogens is 435 g/mol. The lowest BCUT2D eigenvalue weighted by atomic mass is 9.98. The molecule has 0 atom stereocenters. The van der Waals surface area contributed by atoms with Gasteiger partial charge in [-0.2, -0.15) is 10.4 Å². The zero-order valence-corrected chi connectivity index (χ0v) is 18.9. The van der Waals surface area contributed by atoms with Gasteiger partial charge in [-0.3, -0.25) is 5.10 Å². The predicted molar refractivity (Wildman–Crippen MR) is 126 cm³/mol. The van der Waals surface area contributed by atoms with E-state index < -0.39 is 5.82 Å². The van der Waals surface area contributed by atoms with Crippen LogP contribution in [0.5, 0.6) is 0 Å². The molecule has 34 heavy (non-hydrogen) atoms. The molecule has 0 bridgehead atoms. The van der Waals surface area contributed by atoms with Crippen LogP contribution >= 0.6 is 0 Å². The van der Waals surface area contributed by atoms with E-state index in [0.29, 0.717) is 59.1 Å². The Hall–Kier alpha value is -3.94. The average molecular weight is 459 g/mol. The van der Waals surface area contributed by atoms with E-state index in [2.05, 4.69) is 36.5 Å². The molecule has 1 aliphatic heterocycles. The number of ether oxygens (including phenoxy) is 1. The number of H-pyrrole nitrogens is 1. The first-order valence-corrected chi connectivity index (χ1v) is 11.0. The summed E-state index contributed by atoms with van der Waals surface area (Å²) in [5, 5.41) is 20.1. The Bertz CT molecular complexity index is 1360. The third kappa shape index (κ3) is 3.96. The largest absolute Gasteiger partial charge is 0.378 e. The smallest absolute Gasteiger partial charge is 0.225 e. The summed E-state index contributed by atoms with van der Waals surface area (Å²) in [4.78, 5) is 15.8. The van der Waals surface area contributed by atoms with Gasteiger partial charge in [-0.05, 0) is 37.2 Å². The number of hydrogen-bond acceptors (Lipinski definition) is 8. The van der Waals surface area contributed by atoms with Crippen molar-refractivity contribution in [2.24, 2.45) is 0 Å². The van der Waals surface area contributed by atoms with Crippen molar-refractivity contribution in [2.45, 2.75) is 13.5 Å². The van der Waals surface area contributed by atoms with Gasteiger partial charge in [0.2, 0.25) is 5.95 Å². The maximum atomic E-state index is 15.2. The fourth-order valence-corrected chi connectivity index (χ4v) is 4.22. The van der Waals surface area contributed by atoms with Crippen molar-refractivity contribution in [3.63, 3.8) is 0 Å². The van der Waals surface area contributed by atoms with Crippen LogP contribution in [0.2, 0.25) is 0 Å². The molecule has 2 N–H and O–H groups in total. The first kappa shape index (κ1) is 21.9. The predicted octanol–water partition coefficient (Wildman–Crippen LogP) is 2.96. The monoisotopic (exact) mass is 458 g/mol. The highest BCUT2D eigenvalue weighted by molar-refractivity contribution is 5.92. The number of nitriles is 1. The lowest BCUT2D eigenvalue weighted by Gasteiger charge is -2.26. The van der Waals surface area contributed by atoms with Crippen LogP contribution in [0.1, 0.15) is 16.7 Å². The molecule has 10 heteroatoms. The van der Waals surface area contributed by atoms with Crippen molar-refractivity contribution in [3.8, 4) is 28.6 Å². The van der Waals surface area contributed by atoms with Gasteiger partial charge >= 0.3 is 0 Å². The second-order valence-electron chi connectivity index (χ2n) is 8.14. The molecule has 4 heterocycles. The summed E-state index contributed by atoms with van der Waals surface area (Å²) in [6, 6.07) is 7.17. The summed E-state index contributed by atoms with van der Waals surface area (Å²) in [6.07, 6.45) is 3.40. The summed E-state index contributed by atoms with van der Waals surface area (Å²) in [7, 11) is 1.81. The minimum atomic E-state index is -0.420. The van der Waals surface area contributed by atoms with Crippen LogP contribution in [-0.4, -0.2) is 58.5 Å². The van der Waals surface area contributed by atoms with E-state index in [0.717, 1.165) is 18.7 Å². The zero-order chi connectivity index (χ0) is 23.7. The van der Waals surface area contributed by atoms with Crippen molar-refractivity contribution >= 4 is 17.0 Å². The second kappa shape index (κ2) is 9.13. The van der Waals surface area contributed by atoms with Crippen LogP contribution in [0.4, 0.5) is 10.3 Å². The fraction of sp³-hybridized carbons (Fsp3) is 0.292. The van der Waals surface area contributed by atoms with Crippen molar-refractivity contribution in [2.75, 3.05) is 38.3 Å². The number of halogens is 1. The van der Waals surface area contributed by atoms with E-state index in [4.69, 9.17) is 9.72 Å². The Balaban J connectivity index is 1.58. The topological polar surface area (TPSA) is 116 Å². The highest BCUT2D eigenvalue weighted by atomic mass is 19.1. The van der Waals surface area contributed by atoms with Gasteiger partial charge < -0.3 is 15.0 Å². The summed E-state index contributed by atoms with van der Waals surface area (Å²) >= 11 is 0. The Morgan fingerprint density at radius 3 is 2.62 bits per heavy atom. The van der Waals surface area contributed by atoms with Crippen LogP contribution in [0.15, 0.2) is 30.6 Å². The molecule has 0 radical (unpaired) electrons. The molecule has 5 rings (SSSR count). The van der Waals surface area contributed by atoms with E-state index >= 15 is 4.39 Å². The minimum absolute atomic E-state index is 0.269. The number of aromatic nitrogens is 5. The molecule has 3 aromatic heterocycles. The molecule has 0 saturated carbocycles. The third-order valence-electron chi connectivity index (χ3n) is 5.83. The number of aromatic amines is 1. The number of hydrogen-bond donors (Lipinski definition) is 2. The number of fused-ring (bicyclic) bond motifs is 1. The van der Waals surface area contributed by atoms with E-state index in [-0.39, 0.29) is 11.3 Å². The summed E-state index contributed by atoms with van der Waals surface area (Å²) < 4.78 is 20.6. The van der Waals surface area contributed by atoms with Gasteiger partial charge in [-0.25, -0.2) is 19.3 Å². The molecule has 172 valence electrons. The number of morpholine rings is 1. The van der Waals surface area contributed by atoms with Crippen LogP contribution in [0.3, 0.4) is 0 Å². The SMILES string of the molecule is CNCc1cc(C)c(-c2nc3c(-c4cnc(N5CCOCC5)nc4)n[nH]c3cc2C#N)c(F)c1. The lowest BCUT2D eigenvalue weighted by molar-refractivity contribution is 0.122. The van der Waals surface area contributed by atoms with E-state index in [1.807, 2.05) is 20.0 Å². The van der Waals surface area contributed by atoms with Gasteiger partial charge in [0.1, 0.15) is 23.1 Å². The Morgan fingerprint density at radius 2 is 1.94 bits per heavy atom. The third-order valence-corrected chi connectivity index (χ3v) is 5.83. The van der Waals surface area contributed by atoms with E-state index in [1.165, 1.54) is 6.07 Å². The second-order valence-corrected chi connectivity index (χ2v) is 8.14. The fourth-order valence-electron chi connectivity index (χ4n) is 4.22. The number of rotatable bonds is 5. The standard InChI is InChI=1S/C24H23FN8O/c1-14-7-15(11-27-2)8-18(25)20(14)21-16(10-26)9-19-23(30-21)22(32-31-19)17-12-28-24(29-13-17)33-3-5-34-6-4-33/h7-9,12-13,27H,3-6,11H2,1-2H3,(H,31,32). The first-order chi connectivity index (χ1) is 16.6. The summed E-state index contributed by atoms with van der Waals surface area (Å²) in [5.74, 6) is 0.212. The minimum Gasteiger partial charge on any atom is -0.378 e. The van der Waals surface area contributed by atoms with Gasteiger partial charge in [0.15, 0.2) is 0 Å². The molecule has 0 aliphatic carbocycles. The van der Waals surface area contributed by atoms with Crippen LogP contribution in [0, 0.1) is 24.1 Å². The highest BCUT2D eigenvalue weighted by Crippen LogP contribution is 2.33. The molecule has 0 amide bonds. The molecule has 1 fully saturated rings. The van der Waals surface area contributed by atoms with Gasteiger partial charge in [-0.1, -0.05) is 6.07 Å². The number of nitrogens with zero attached hydrogens (tertiary/aromatic N) is 6. The number of pyridine rings is 1. The van der Waals surface area contributed by atoms with Crippen molar-refractivity contribution in [1.82, 2.24) is 30.5 Å². The number of anilines is 1. The van der Waals surface area contributed by atoms with E-state index in [9.17, 15) is 5.26 Å². The lowest BCUT2D eigenvalue weighted by Crippen LogP contribution is -2.37. The van der Waals surface area contributed by atoms with Crippen molar-refractivity contribution in [1.29, 1.82) is 5.26 Å². The van der Waals surface area contributed by atoms with Crippen LogP contribution in [-0.2, 0) is 11.3 Å². The number of benzene rings is 1. The van der Waals surface area contributed by atoms with Crippen molar-refractivity contribution < 1.29 is 9.13 Å². The van der Waals surface area contributed by atoms with Gasteiger partial charge in [0.05, 0.1) is 30.0 Å². The summed E-state index contributed by atoms with van der Waals surface area (Å²) in [6.45, 7) is 5.14. The normalized spacial score (nSPS) is 13.9. The number of aryl methyl sites for hydroxylation is 1. The molecule has 0 spiro atoms. The maximum Gasteiger partial charge on any atom is 0.225 e. The van der Waals surface area contributed by atoms with Crippen molar-refractivity contribution in [3.05, 3.63) is 53.1 Å². The number of nitrogens with one attached hydrogen (secondary N) is 2. The van der Waals surface area contributed by atoms with Crippen LogP contribution in [0.25, 0.3) is 33.5 Å². The molecule has 1 saturated heterocycles. The van der Waals surface area contributed by atoms with Crippen LogP contribution < -0.4 is 10.2 Å². The van der Waals surface area contributed by atoms with Gasteiger partial charge in [0, 0.05) is 43.2 Å². The molecule has 0 unspecified atom stereocenters. The first-order valence-electron chi connectivity index (χ1n) is 11.0. The quantitative estimate of drug-likeness (QED) is 0.469. The highest BCUT2D eigenvalue weighted by Gasteiger charge is 2.20. The molecule has 1 aliphatic rings. The Morgan fingerprint density at radius 1 is 1.18 bits per heavy atom. The zero-order valence-electron chi connectivity index (χ0n) is 18.9. The molecule has 4 aromatic rings. The molecule has 9 nitrogen and oxygen atoms in total. The molecule has 1 aromatic carbocycles. The van der Waals surface area contributed by atoms with Gasteiger partial charge in [0.25, 0.3) is 0 Å². The van der Waals surface area contributed by atoms with Gasteiger partial charge in [-0.15, -0.1) is 0 Å². The van der Waals surface area contributed by atoms with E-state index in [1.54, 1.807) is 18.5 Å². The molecular formula is C24H23FN8O. The maximum absolute atomic E-state index is 15.2. The summed E-state index contributed by atoms with van der Waals surface area (Å²) in [5.41, 5.74) is 4.71. The Kier molecular flexibility index (Phi) is 5.88. The average Bonchev–Trinajstić information content (AvgIpc) is 3.27. The Labute approximate surface area is 195 Å².